The zero-order valence-corrected chi connectivity index (χ0v) is 15.2. The van der Waals surface area contributed by atoms with Gasteiger partial charge in [0.25, 0.3) is 5.91 Å². The second-order valence-corrected chi connectivity index (χ2v) is 7.24. The van der Waals surface area contributed by atoms with Gasteiger partial charge >= 0.3 is 0 Å². The lowest BCUT2D eigenvalue weighted by Crippen LogP contribution is -2.28. The van der Waals surface area contributed by atoms with Crippen molar-refractivity contribution in [3.63, 3.8) is 0 Å². The largest absolute Gasteiger partial charge is 0.321 e. The van der Waals surface area contributed by atoms with Crippen molar-refractivity contribution in [1.29, 1.82) is 0 Å². The average molecular weight is 370 g/mol. The van der Waals surface area contributed by atoms with Crippen LogP contribution in [0.3, 0.4) is 0 Å². The molecular formula is C23H18N2O3. The number of hydrogen-bond acceptors (Lipinski definition) is 3. The van der Waals surface area contributed by atoms with Crippen molar-refractivity contribution in [2.45, 2.75) is 25.7 Å². The number of anilines is 2. The van der Waals surface area contributed by atoms with E-state index in [9.17, 15) is 14.4 Å². The molecule has 3 aromatic carbocycles. The normalized spacial score (nSPS) is 15.5. The van der Waals surface area contributed by atoms with Crippen LogP contribution in [0.1, 0.15) is 34.3 Å². The first-order valence-corrected chi connectivity index (χ1v) is 9.42. The third-order valence-electron chi connectivity index (χ3n) is 5.56. The van der Waals surface area contributed by atoms with Crippen LogP contribution in [-0.4, -0.2) is 17.7 Å². The molecule has 1 aliphatic heterocycles. The zero-order chi connectivity index (χ0) is 19.3. The van der Waals surface area contributed by atoms with Crippen molar-refractivity contribution in [3.05, 3.63) is 71.3 Å². The van der Waals surface area contributed by atoms with Gasteiger partial charge in [-0.2, -0.15) is 0 Å². The minimum Gasteiger partial charge on any atom is -0.321 e. The third kappa shape index (κ3) is 2.59. The molecule has 1 aliphatic carbocycles. The maximum absolute atomic E-state index is 12.7. The first-order chi connectivity index (χ1) is 13.6. The Bertz CT molecular complexity index is 1120. The Hall–Kier alpha value is -3.47. The summed E-state index contributed by atoms with van der Waals surface area (Å²) >= 11 is 0. The predicted octanol–water partition coefficient (Wildman–Crippen LogP) is 3.84. The summed E-state index contributed by atoms with van der Waals surface area (Å²) in [5.74, 6) is -0.616. The molecule has 1 fully saturated rings. The highest BCUT2D eigenvalue weighted by molar-refractivity contribution is 6.20. The number of hydrogen-bond donors (Lipinski definition) is 1. The summed E-state index contributed by atoms with van der Waals surface area (Å²) in [4.78, 5) is 37.6. The Morgan fingerprint density at radius 3 is 2.18 bits per heavy atom. The van der Waals surface area contributed by atoms with Crippen LogP contribution < -0.4 is 10.2 Å². The molecular weight excluding hydrogens is 352 g/mol. The summed E-state index contributed by atoms with van der Waals surface area (Å²) in [5, 5.41) is 5.32. The van der Waals surface area contributed by atoms with Crippen molar-refractivity contribution in [1.82, 2.24) is 0 Å². The molecule has 0 aromatic heterocycles. The minimum absolute atomic E-state index is 0.199. The number of nitrogens with zero attached hydrogens (tertiary/aromatic N) is 1. The van der Waals surface area contributed by atoms with Gasteiger partial charge in [0.2, 0.25) is 11.8 Å². The molecule has 1 N–H and O–H groups in total. The van der Waals surface area contributed by atoms with Crippen LogP contribution in [0.25, 0.3) is 10.8 Å². The van der Waals surface area contributed by atoms with Gasteiger partial charge in [0, 0.05) is 29.5 Å². The second kappa shape index (κ2) is 6.30. The predicted molar refractivity (Wildman–Crippen MR) is 107 cm³/mol. The Morgan fingerprint density at radius 1 is 0.786 bits per heavy atom. The zero-order valence-electron chi connectivity index (χ0n) is 15.2. The van der Waals surface area contributed by atoms with E-state index in [1.165, 1.54) is 21.4 Å². The summed E-state index contributed by atoms with van der Waals surface area (Å²) in [6.45, 7) is 0. The van der Waals surface area contributed by atoms with Crippen LogP contribution in [0.15, 0.2) is 54.6 Å². The summed E-state index contributed by atoms with van der Waals surface area (Å²) in [6, 6.07) is 16.8. The van der Waals surface area contributed by atoms with Crippen LogP contribution >= 0.6 is 0 Å². The van der Waals surface area contributed by atoms with E-state index in [0.29, 0.717) is 11.3 Å². The van der Waals surface area contributed by atoms with Gasteiger partial charge in [-0.15, -0.1) is 0 Å². The van der Waals surface area contributed by atoms with Gasteiger partial charge in [-0.05, 0) is 59.7 Å². The Kier molecular flexibility index (Phi) is 3.76. The van der Waals surface area contributed by atoms with Crippen molar-refractivity contribution in [2.24, 2.45) is 0 Å². The van der Waals surface area contributed by atoms with Gasteiger partial charge in [0.1, 0.15) is 0 Å². The SMILES string of the molecule is O=C(Nc1ccc2c3c(cccc13)CC2)c1ccc(N2C(=O)CCC2=O)cc1. The van der Waals surface area contributed by atoms with Crippen molar-refractivity contribution >= 4 is 39.9 Å². The van der Waals surface area contributed by atoms with Gasteiger partial charge in [0.15, 0.2) is 0 Å². The van der Waals surface area contributed by atoms with E-state index < -0.39 is 0 Å². The summed E-state index contributed by atoms with van der Waals surface area (Å²) < 4.78 is 0. The smallest absolute Gasteiger partial charge is 0.255 e. The third-order valence-corrected chi connectivity index (χ3v) is 5.56. The molecule has 138 valence electrons. The molecule has 0 saturated carbocycles. The fourth-order valence-corrected chi connectivity index (χ4v) is 4.18. The molecule has 5 heteroatoms. The summed E-state index contributed by atoms with van der Waals surface area (Å²) in [6.07, 6.45) is 2.57. The first-order valence-electron chi connectivity index (χ1n) is 9.42. The van der Waals surface area contributed by atoms with Gasteiger partial charge in [-0.3, -0.25) is 19.3 Å². The van der Waals surface area contributed by atoms with E-state index in [1.807, 2.05) is 18.2 Å². The van der Waals surface area contributed by atoms with Crippen LogP contribution in [0.5, 0.6) is 0 Å². The standard InChI is InChI=1S/C23H18N2O3/c26-20-12-13-21(27)25(20)17-9-6-16(7-10-17)23(28)24-19-11-8-15-5-4-14-2-1-3-18(19)22(14)15/h1-3,6-11H,4-5,12-13H2,(H,24,28). The van der Waals surface area contributed by atoms with Gasteiger partial charge in [0.05, 0.1) is 5.69 Å². The number of aryl methyl sites for hydroxylation is 2. The topological polar surface area (TPSA) is 66.5 Å². The lowest BCUT2D eigenvalue weighted by atomic mass is 10.0. The summed E-state index contributed by atoms with van der Waals surface area (Å²) in [5.41, 5.74) is 4.43. The molecule has 0 radical (unpaired) electrons. The van der Waals surface area contributed by atoms with Crippen LogP contribution in [0, 0.1) is 0 Å². The molecule has 0 atom stereocenters. The number of carbonyl (C=O) groups excluding carboxylic acids is 3. The molecule has 2 aliphatic rings. The monoisotopic (exact) mass is 370 g/mol. The highest BCUT2D eigenvalue weighted by atomic mass is 16.2. The lowest BCUT2D eigenvalue weighted by molar-refractivity contribution is -0.121. The van der Waals surface area contributed by atoms with E-state index in [2.05, 4.69) is 17.4 Å². The molecule has 3 aromatic rings. The highest BCUT2D eigenvalue weighted by Gasteiger charge is 2.30. The van der Waals surface area contributed by atoms with E-state index in [-0.39, 0.29) is 30.6 Å². The van der Waals surface area contributed by atoms with Crippen molar-refractivity contribution in [3.8, 4) is 0 Å². The second-order valence-electron chi connectivity index (χ2n) is 7.24. The molecule has 0 unspecified atom stereocenters. The van der Waals surface area contributed by atoms with Gasteiger partial charge in [-0.1, -0.05) is 24.3 Å². The van der Waals surface area contributed by atoms with Gasteiger partial charge < -0.3 is 5.32 Å². The van der Waals surface area contributed by atoms with E-state index in [4.69, 9.17) is 0 Å². The Labute approximate surface area is 162 Å². The van der Waals surface area contributed by atoms with Crippen LogP contribution in [0.4, 0.5) is 11.4 Å². The molecule has 0 spiro atoms. The van der Waals surface area contributed by atoms with Gasteiger partial charge in [-0.25, -0.2) is 0 Å². The molecule has 5 nitrogen and oxygen atoms in total. The van der Waals surface area contributed by atoms with E-state index >= 15 is 0 Å². The molecule has 3 amide bonds. The lowest BCUT2D eigenvalue weighted by Gasteiger charge is -2.14. The number of amides is 3. The number of imide groups is 1. The molecule has 1 saturated heterocycles. The maximum Gasteiger partial charge on any atom is 0.255 e. The molecule has 28 heavy (non-hydrogen) atoms. The molecule has 0 bridgehead atoms. The maximum atomic E-state index is 12.7. The van der Waals surface area contributed by atoms with E-state index in [1.54, 1.807) is 24.3 Å². The number of carbonyl (C=O) groups is 3. The molecule has 1 heterocycles. The van der Waals surface area contributed by atoms with Crippen molar-refractivity contribution in [2.75, 3.05) is 10.2 Å². The number of benzene rings is 3. The fraction of sp³-hybridized carbons (Fsp3) is 0.174. The first kappa shape index (κ1) is 16.7. The Morgan fingerprint density at radius 2 is 1.46 bits per heavy atom. The number of nitrogens with one attached hydrogen (secondary N) is 1. The molecule has 5 rings (SSSR count). The highest BCUT2D eigenvalue weighted by Crippen LogP contribution is 2.35. The quantitative estimate of drug-likeness (QED) is 0.712. The van der Waals surface area contributed by atoms with Crippen molar-refractivity contribution < 1.29 is 14.4 Å². The van der Waals surface area contributed by atoms with Crippen LogP contribution in [0.2, 0.25) is 0 Å². The Balaban J connectivity index is 1.42. The fourth-order valence-electron chi connectivity index (χ4n) is 4.18. The van der Waals surface area contributed by atoms with E-state index in [0.717, 1.165) is 23.9 Å². The number of rotatable bonds is 3. The summed E-state index contributed by atoms with van der Waals surface area (Å²) in [7, 11) is 0. The van der Waals surface area contributed by atoms with Crippen LogP contribution in [-0.2, 0) is 22.4 Å². The average Bonchev–Trinajstić information content (AvgIpc) is 3.28. The minimum atomic E-state index is -0.218.